The van der Waals surface area contributed by atoms with Gasteiger partial charge in [-0.05, 0) is 29.3 Å². The fraction of sp³-hybridized carbons (Fsp3) is 0.167. The van der Waals surface area contributed by atoms with Gasteiger partial charge < -0.3 is 4.74 Å². The Morgan fingerprint density at radius 1 is 1.04 bits per heavy atom. The summed E-state index contributed by atoms with van der Waals surface area (Å²) in [5.74, 6) is -0.585. The van der Waals surface area contributed by atoms with E-state index in [9.17, 15) is 18.0 Å². The monoisotopic (exact) mass is 320 g/mol. The molecule has 23 heavy (non-hydrogen) atoms. The van der Waals surface area contributed by atoms with Crippen molar-refractivity contribution in [1.29, 1.82) is 0 Å². The molecule has 0 fully saturated rings. The Bertz CT molecular complexity index is 676. The number of alkyl halides is 3. The number of benzene rings is 2. The summed E-state index contributed by atoms with van der Waals surface area (Å²) in [4.78, 5) is 11.6. The minimum atomic E-state index is -4.40. The second-order valence-corrected chi connectivity index (χ2v) is 4.86. The molecule has 2 aromatic rings. The van der Waals surface area contributed by atoms with Gasteiger partial charge in [-0.3, -0.25) is 0 Å². The molecule has 0 unspecified atom stereocenters. The second-order valence-electron chi connectivity index (χ2n) is 4.86. The molecule has 0 aliphatic carbocycles. The van der Waals surface area contributed by atoms with Crippen LogP contribution in [0.25, 0.3) is 6.08 Å². The van der Waals surface area contributed by atoms with Crippen LogP contribution in [-0.2, 0) is 22.1 Å². The van der Waals surface area contributed by atoms with E-state index in [2.05, 4.69) is 0 Å². The lowest BCUT2D eigenvalue weighted by Gasteiger charge is -2.06. The minimum Gasteiger partial charge on any atom is -0.462 e. The Morgan fingerprint density at radius 2 is 1.78 bits per heavy atom. The van der Waals surface area contributed by atoms with Crippen molar-refractivity contribution in [3.05, 3.63) is 77.4 Å². The molecule has 120 valence electrons. The van der Waals surface area contributed by atoms with Crippen molar-refractivity contribution in [3.63, 3.8) is 0 Å². The molecule has 0 amide bonds. The molecule has 0 aromatic heterocycles. The Hall–Kier alpha value is -2.56. The van der Waals surface area contributed by atoms with Gasteiger partial charge in [-0.2, -0.15) is 13.2 Å². The number of halogens is 3. The van der Waals surface area contributed by atoms with Crippen LogP contribution in [0.1, 0.15) is 16.7 Å². The van der Waals surface area contributed by atoms with Crippen LogP contribution in [0.2, 0.25) is 0 Å². The van der Waals surface area contributed by atoms with Crippen molar-refractivity contribution in [2.24, 2.45) is 0 Å². The highest BCUT2D eigenvalue weighted by Gasteiger charge is 2.30. The van der Waals surface area contributed by atoms with Crippen molar-refractivity contribution in [2.75, 3.05) is 6.61 Å². The van der Waals surface area contributed by atoms with Gasteiger partial charge in [0, 0.05) is 12.5 Å². The van der Waals surface area contributed by atoms with Crippen LogP contribution in [0.4, 0.5) is 13.2 Å². The number of carbonyl (C=O) groups excluding carboxylic acids is 1. The minimum absolute atomic E-state index is 0.218. The zero-order valence-corrected chi connectivity index (χ0v) is 12.2. The number of hydrogen-bond donors (Lipinski definition) is 0. The van der Waals surface area contributed by atoms with Crippen molar-refractivity contribution >= 4 is 12.0 Å². The SMILES string of the molecule is O=C(/C=C/c1cccc(C(F)(F)F)c1)OCCc1ccccc1. The Morgan fingerprint density at radius 3 is 2.48 bits per heavy atom. The first-order valence-corrected chi connectivity index (χ1v) is 7.01. The van der Waals surface area contributed by atoms with E-state index < -0.39 is 17.7 Å². The molecule has 0 aliphatic heterocycles. The molecule has 2 rings (SSSR count). The van der Waals surface area contributed by atoms with Crippen molar-refractivity contribution in [2.45, 2.75) is 12.6 Å². The van der Waals surface area contributed by atoms with Gasteiger partial charge in [0.25, 0.3) is 0 Å². The van der Waals surface area contributed by atoms with Crippen LogP contribution >= 0.6 is 0 Å². The molecule has 0 saturated carbocycles. The largest absolute Gasteiger partial charge is 0.462 e. The normalized spacial score (nSPS) is 11.6. The van der Waals surface area contributed by atoms with Gasteiger partial charge in [0.05, 0.1) is 12.2 Å². The lowest BCUT2D eigenvalue weighted by atomic mass is 10.1. The standard InChI is InChI=1S/C18H15F3O2/c19-18(20,21)16-8-4-7-15(13-16)9-10-17(22)23-12-11-14-5-2-1-3-6-14/h1-10,13H,11-12H2/b10-9+. The highest BCUT2D eigenvalue weighted by atomic mass is 19.4. The van der Waals surface area contributed by atoms with Gasteiger partial charge >= 0.3 is 12.1 Å². The molecule has 0 saturated heterocycles. The van der Waals surface area contributed by atoms with Gasteiger partial charge in [-0.15, -0.1) is 0 Å². The molecule has 5 heteroatoms. The smallest absolute Gasteiger partial charge is 0.416 e. The first-order valence-electron chi connectivity index (χ1n) is 7.01. The molecule has 0 heterocycles. The third kappa shape index (κ3) is 5.62. The first kappa shape index (κ1) is 16.8. The van der Waals surface area contributed by atoms with E-state index in [1.165, 1.54) is 18.2 Å². The molecular formula is C18H15F3O2. The van der Waals surface area contributed by atoms with E-state index in [-0.39, 0.29) is 6.61 Å². The Kier molecular flexibility index (Phi) is 5.57. The summed E-state index contributed by atoms with van der Waals surface area (Å²) in [5, 5.41) is 0. The highest BCUT2D eigenvalue weighted by molar-refractivity contribution is 5.87. The Balaban J connectivity index is 1.86. The third-order valence-corrected chi connectivity index (χ3v) is 3.10. The maximum Gasteiger partial charge on any atom is 0.416 e. The average Bonchev–Trinajstić information content (AvgIpc) is 2.53. The third-order valence-electron chi connectivity index (χ3n) is 3.10. The summed E-state index contributed by atoms with van der Waals surface area (Å²) in [6, 6.07) is 14.3. The van der Waals surface area contributed by atoms with Crippen molar-refractivity contribution < 1.29 is 22.7 Å². The summed E-state index contributed by atoms with van der Waals surface area (Å²) in [7, 11) is 0. The molecule has 0 aliphatic rings. The van der Waals surface area contributed by atoms with Crippen LogP contribution in [0.3, 0.4) is 0 Å². The molecule has 0 N–H and O–H groups in total. The zero-order valence-electron chi connectivity index (χ0n) is 12.2. The van der Waals surface area contributed by atoms with E-state index in [1.807, 2.05) is 30.3 Å². The average molecular weight is 320 g/mol. The van der Waals surface area contributed by atoms with Gasteiger partial charge in [-0.1, -0.05) is 42.5 Å². The molecule has 0 bridgehead atoms. The summed E-state index contributed by atoms with van der Waals surface area (Å²) in [5.41, 5.74) is 0.582. The van der Waals surface area contributed by atoms with Crippen molar-refractivity contribution in [3.8, 4) is 0 Å². The number of hydrogen-bond acceptors (Lipinski definition) is 2. The molecular weight excluding hydrogens is 305 g/mol. The van der Waals surface area contributed by atoms with E-state index in [0.717, 1.165) is 23.8 Å². The van der Waals surface area contributed by atoms with Crippen molar-refractivity contribution in [1.82, 2.24) is 0 Å². The van der Waals surface area contributed by atoms with Gasteiger partial charge in [-0.25, -0.2) is 4.79 Å². The van der Waals surface area contributed by atoms with Gasteiger partial charge in [0.1, 0.15) is 0 Å². The van der Waals surface area contributed by atoms with Crippen LogP contribution in [-0.4, -0.2) is 12.6 Å². The van der Waals surface area contributed by atoms with E-state index in [1.54, 1.807) is 0 Å². The van der Waals surface area contributed by atoms with E-state index >= 15 is 0 Å². The van der Waals surface area contributed by atoms with E-state index in [4.69, 9.17) is 4.74 Å². The highest BCUT2D eigenvalue weighted by Crippen LogP contribution is 2.29. The molecule has 2 aromatic carbocycles. The Labute approximate surface area is 132 Å². The van der Waals surface area contributed by atoms with Gasteiger partial charge in [0.15, 0.2) is 0 Å². The predicted octanol–water partition coefficient (Wildman–Crippen LogP) is 4.50. The maximum absolute atomic E-state index is 12.6. The quantitative estimate of drug-likeness (QED) is 0.599. The second kappa shape index (κ2) is 7.63. The number of rotatable bonds is 5. The van der Waals surface area contributed by atoms with Gasteiger partial charge in [0.2, 0.25) is 0 Å². The fourth-order valence-electron chi connectivity index (χ4n) is 1.95. The zero-order chi connectivity index (χ0) is 16.7. The number of ether oxygens (including phenoxy) is 1. The maximum atomic E-state index is 12.6. The molecule has 0 radical (unpaired) electrons. The number of carbonyl (C=O) groups is 1. The molecule has 2 nitrogen and oxygen atoms in total. The molecule has 0 spiro atoms. The predicted molar refractivity (Wildman–Crippen MR) is 81.6 cm³/mol. The van der Waals surface area contributed by atoms with Crippen LogP contribution in [0, 0.1) is 0 Å². The van der Waals surface area contributed by atoms with Crippen LogP contribution in [0.15, 0.2) is 60.7 Å². The fourth-order valence-corrected chi connectivity index (χ4v) is 1.95. The summed E-state index contributed by atoms with van der Waals surface area (Å²) in [6.45, 7) is 0.218. The summed E-state index contributed by atoms with van der Waals surface area (Å²) in [6.07, 6.45) is -1.38. The summed E-state index contributed by atoms with van der Waals surface area (Å²) >= 11 is 0. The van der Waals surface area contributed by atoms with Crippen LogP contribution in [0.5, 0.6) is 0 Å². The molecule has 0 atom stereocenters. The summed E-state index contributed by atoms with van der Waals surface area (Å²) < 4.78 is 42.8. The lowest BCUT2D eigenvalue weighted by Crippen LogP contribution is -2.05. The van der Waals surface area contributed by atoms with E-state index in [0.29, 0.717) is 12.0 Å². The first-order chi connectivity index (χ1) is 10.9. The van der Waals surface area contributed by atoms with Crippen LogP contribution < -0.4 is 0 Å². The lowest BCUT2D eigenvalue weighted by molar-refractivity contribution is -0.138. The topological polar surface area (TPSA) is 26.3 Å². The number of esters is 1.